The first-order valence-corrected chi connectivity index (χ1v) is 9.59. The fourth-order valence-corrected chi connectivity index (χ4v) is 3.55. The van der Waals surface area contributed by atoms with Gasteiger partial charge >= 0.3 is 0 Å². The number of nitrogens with zero attached hydrogens (tertiary/aromatic N) is 4. The number of hydrogen-bond acceptors (Lipinski definition) is 4. The van der Waals surface area contributed by atoms with E-state index in [9.17, 15) is 4.79 Å². The number of imidazole rings is 1. The van der Waals surface area contributed by atoms with Gasteiger partial charge in [0, 0.05) is 10.7 Å². The summed E-state index contributed by atoms with van der Waals surface area (Å²) in [5.41, 5.74) is 2.75. The van der Waals surface area contributed by atoms with Crippen LogP contribution in [0.4, 0.5) is 0 Å². The number of rotatable bonds is 4. The Balaban J connectivity index is 1.91. The van der Waals surface area contributed by atoms with E-state index in [0.29, 0.717) is 27.9 Å². The van der Waals surface area contributed by atoms with Crippen LogP contribution in [-0.2, 0) is 6.54 Å². The Morgan fingerprint density at radius 2 is 1.81 bits per heavy atom. The summed E-state index contributed by atoms with van der Waals surface area (Å²) in [6, 6.07) is 17.3. The van der Waals surface area contributed by atoms with Crippen molar-refractivity contribution in [3.63, 3.8) is 0 Å². The SMILES string of the molecule is CSc1nc(=O)c2c(ncn2-c2ccccc2)n1Cc1ccc(Cl)cc1. The van der Waals surface area contributed by atoms with E-state index < -0.39 is 0 Å². The van der Waals surface area contributed by atoms with E-state index in [4.69, 9.17) is 11.6 Å². The van der Waals surface area contributed by atoms with Crippen molar-refractivity contribution in [1.82, 2.24) is 19.1 Å². The second-order valence-corrected chi connectivity index (χ2v) is 6.95. The molecule has 4 aromatic rings. The predicted octanol–water partition coefficient (Wildman–Crippen LogP) is 4.01. The molecule has 0 spiro atoms. The van der Waals surface area contributed by atoms with Crippen molar-refractivity contribution in [2.24, 2.45) is 0 Å². The first kappa shape index (κ1) is 16.9. The van der Waals surface area contributed by atoms with Crippen LogP contribution >= 0.6 is 23.4 Å². The van der Waals surface area contributed by atoms with Gasteiger partial charge in [-0.05, 0) is 36.1 Å². The molecule has 7 heteroatoms. The van der Waals surface area contributed by atoms with Crippen LogP contribution in [0.5, 0.6) is 0 Å². The molecule has 2 heterocycles. The summed E-state index contributed by atoms with van der Waals surface area (Å²) in [5, 5.41) is 1.33. The van der Waals surface area contributed by atoms with E-state index in [1.165, 1.54) is 11.8 Å². The van der Waals surface area contributed by atoms with Gasteiger partial charge in [-0.15, -0.1) is 0 Å². The van der Waals surface area contributed by atoms with E-state index in [-0.39, 0.29) is 5.56 Å². The molecule has 130 valence electrons. The van der Waals surface area contributed by atoms with Crippen molar-refractivity contribution < 1.29 is 0 Å². The molecule has 0 bridgehead atoms. The number of hydrogen-bond donors (Lipinski definition) is 0. The maximum absolute atomic E-state index is 12.6. The number of benzene rings is 2. The summed E-state index contributed by atoms with van der Waals surface area (Å²) in [7, 11) is 0. The number of fused-ring (bicyclic) bond motifs is 1. The zero-order valence-electron chi connectivity index (χ0n) is 14.0. The van der Waals surface area contributed by atoms with Crippen LogP contribution < -0.4 is 5.56 Å². The first-order chi connectivity index (χ1) is 12.7. The lowest BCUT2D eigenvalue weighted by atomic mass is 10.2. The van der Waals surface area contributed by atoms with Crippen LogP contribution in [0.15, 0.2) is 70.9 Å². The monoisotopic (exact) mass is 382 g/mol. The number of thioether (sulfide) groups is 1. The topological polar surface area (TPSA) is 52.7 Å². The lowest BCUT2D eigenvalue weighted by Gasteiger charge is -2.12. The molecule has 0 atom stereocenters. The second-order valence-electron chi connectivity index (χ2n) is 5.74. The number of aromatic nitrogens is 4. The molecule has 26 heavy (non-hydrogen) atoms. The third kappa shape index (κ3) is 3.02. The standard InChI is InChI=1S/C19H15ClN4OS/c1-26-19-22-18(25)16-17(21-12-24(16)15-5-3-2-4-6-15)23(19)11-13-7-9-14(20)10-8-13/h2-10,12H,11H2,1H3. The highest BCUT2D eigenvalue weighted by Gasteiger charge is 2.16. The zero-order chi connectivity index (χ0) is 18.1. The molecule has 0 saturated carbocycles. The minimum Gasteiger partial charge on any atom is -0.299 e. The van der Waals surface area contributed by atoms with Gasteiger partial charge in [0.15, 0.2) is 16.3 Å². The summed E-state index contributed by atoms with van der Waals surface area (Å²) in [5.74, 6) is 0. The van der Waals surface area contributed by atoms with Gasteiger partial charge in [-0.3, -0.25) is 13.9 Å². The quantitative estimate of drug-likeness (QED) is 0.395. The Bertz CT molecular complexity index is 1120. The Morgan fingerprint density at radius 3 is 2.50 bits per heavy atom. The molecule has 5 nitrogen and oxygen atoms in total. The Hall–Kier alpha value is -2.57. The predicted molar refractivity (Wildman–Crippen MR) is 105 cm³/mol. The lowest BCUT2D eigenvalue weighted by molar-refractivity contribution is 0.690. The summed E-state index contributed by atoms with van der Waals surface area (Å²) in [6.45, 7) is 0.558. The molecule has 0 unspecified atom stereocenters. The van der Waals surface area contributed by atoms with Gasteiger partial charge in [0.25, 0.3) is 5.56 Å². The molecule has 0 aliphatic rings. The highest BCUT2D eigenvalue weighted by molar-refractivity contribution is 7.98. The van der Waals surface area contributed by atoms with Crippen LogP contribution in [0.25, 0.3) is 16.9 Å². The Kier molecular flexibility index (Phi) is 4.53. The average Bonchev–Trinajstić information content (AvgIpc) is 3.12. The van der Waals surface area contributed by atoms with Crippen LogP contribution in [-0.4, -0.2) is 25.4 Å². The van der Waals surface area contributed by atoms with Gasteiger partial charge in [-0.1, -0.05) is 53.7 Å². The molecule has 0 aliphatic heterocycles. The zero-order valence-corrected chi connectivity index (χ0v) is 15.5. The molecule has 0 saturated heterocycles. The Labute approximate surface area is 159 Å². The summed E-state index contributed by atoms with van der Waals surface area (Å²) in [4.78, 5) is 21.4. The minimum atomic E-state index is -0.280. The van der Waals surface area contributed by atoms with Gasteiger partial charge < -0.3 is 0 Å². The van der Waals surface area contributed by atoms with Crippen LogP contribution in [0.1, 0.15) is 5.56 Å². The van der Waals surface area contributed by atoms with E-state index in [0.717, 1.165) is 11.3 Å². The molecule has 0 aliphatic carbocycles. The van der Waals surface area contributed by atoms with Gasteiger partial charge in [0.2, 0.25) is 0 Å². The highest BCUT2D eigenvalue weighted by Crippen LogP contribution is 2.21. The fraction of sp³-hybridized carbons (Fsp3) is 0.105. The average molecular weight is 383 g/mol. The van der Waals surface area contributed by atoms with Crippen LogP contribution in [0.3, 0.4) is 0 Å². The number of halogens is 1. The summed E-state index contributed by atoms with van der Waals surface area (Å²) >= 11 is 7.41. The maximum Gasteiger partial charge on any atom is 0.300 e. The highest BCUT2D eigenvalue weighted by atomic mass is 35.5. The van der Waals surface area contributed by atoms with Gasteiger partial charge in [-0.2, -0.15) is 4.98 Å². The maximum atomic E-state index is 12.6. The molecule has 4 rings (SSSR count). The summed E-state index contributed by atoms with van der Waals surface area (Å²) < 4.78 is 3.75. The molecule has 0 amide bonds. The molecular weight excluding hydrogens is 368 g/mol. The van der Waals surface area contributed by atoms with Gasteiger partial charge in [-0.25, -0.2) is 4.98 Å². The summed E-state index contributed by atoms with van der Waals surface area (Å²) in [6.07, 6.45) is 3.58. The first-order valence-electron chi connectivity index (χ1n) is 7.99. The molecule has 0 fully saturated rings. The third-order valence-electron chi connectivity index (χ3n) is 4.11. The van der Waals surface area contributed by atoms with Crippen molar-refractivity contribution in [2.75, 3.05) is 6.26 Å². The van der Waals surface area contributed by atoms with Crippen LogP contribution in [0, 0.1) is 0 Å². The van der Waals surface area contributed by atoms with Crippen molar-refractivity contribution in [2.45, 2.75) is 11.7 Å². The fourth-order valence-electron chi connectivity index (χ4n) is 2.88. The molecule has 2 aromatic carbocycles. The van der Waals surface area contributed by atoms with E-state index in [1.807, 2.05) is 65.4 Å². The minimum absolute atomic E-state index is 0.280. The lowest BCUT2D eigenvalue weighted by Crippen LogP contribution is -2.18. The molecular formula is C19H15ClN4OS. The smallest absolute Gasteiger partial charge is 0.299 e. The normalized spacial score (nSPS) is 11.2. The van der Waals surface area contributed by atoms with E-state index in [2.05, 4.69) is 9.97 Å². The van der Waals surface area contributed by atoms with Gasteiger partial charge in [0.1, 0.15) is 6.33 Å². The largest absolute Gasteiger partial charge is 0.300 e. The van der Waals surface area contributed by atoms with Crippen LogP contribution in [0.2, 0.25) is 5.02 Å². The Morgan fingerprint density at radius 1 is 1.08 bits per heavy atom. The number of para-hydroxylation sites is 1. The van der Waals surface area contributed by atoms with E-state index in [1.54, 1.807) is 10.9 Å². The molecule has 2 aromatic heterocycles. The van der Waals surface area contributed by atoms with Crippen molar-refractivity contribution in [3.8, 4) is 5.69 Å². The van der Waals surface area contributed by atoms with Crippen molar-refractivity contribution in [3.05, 3.63) is 81.9 Å². The second kappa shape index (κ2) is 6.97. The molecule has 0 N–H and O–H groups in total. The van der Waals surface area contributed by atoms with Crippen molar-refractivity contribution >= 4 is 34.5 Å². The van der Waals surface area contributed by atoms with Crippen molar-refractivity contribution in [1.29, 1.82) is 0 Å². The van der Waals surface area contributed by atoms with E-state index >= 15 is 0 Å². The third-order valence-corrected chi connectivity index (χ3v) is 5.03. The molecule has 0 radical (unpaired) electrons. The van der Waals surface area contributed by atoms with Gasteiger partial charge in [0.05, 0.1) is 6.54 Å².